The fourth-order valence-corrected chi connectivity index (χ4v) is 4.03. The molecule has 3 fully saturated rings. The van der Waals surface area contributed by atoms with Gasteiger partial charge in [-0.3, -0.25) is 14.5 Å². The summed E-state index contributed by atoms with van der Waals surface area (Å²) in [5, 5.41) is 2.86. The zero-order valence-electron chi connectivity index (χ0n) is 14.7. The average Bonchev–Trinajstić information content (AvgIpc) is 2.74. The Labute approximate surface area is 142 Å². The molecule has 0 radical (unpaired) electrons. The van der Waals surface area contributed by atoms with Crippen molar-refractivity contribution in [3.63, 3.8) is 0 Å². The Morgan fingerprint density at radius 2 is 1.75 bits per heavy atom. The summed E-state index contributed by atoms with van der Waals surface area (Å²) in [5.41, 5.74) is -0.782. The van der Waals surface area contributed by atoms with E-state index in [1.165, 1.54) is 0 Å². The third-order valence-electron chi connectivity index (χ3n) is 5.44. The maximum Gasteiger partial charge on any atom is 0.325 e. The van der Waals surface area contributed by atoms with Gasteiger partial charge >= 0.3 is 6.03 Å². The second kappa shape index (κ2) is 6.35. The van der Waals surface area contributed by atoms with Crippen molar-refractivity contribution in [1.82, 2.24) is 15.1 Å². The number of nitrogens with zero attached hydrogens (tertiary/aromatic N) is 2. The van der Waals surface area contributed by atoms with E-state index >= 15 is 0 Å². The van der Waals surface area contributed by atoms with Gasteiger partial charge in [-0.05, 0) is 45.4 Å². The first-order valence-electron chi connectivity index (χ1n) is 8.88. The van der Waals surface area contributed by atoms with Crippen molar-refractivity contribution in [3.05, 3.63) is 0 Å². The Morgan fingerprint density at radius 3 is 2.33 bits per heavy atom. The molecule has 134 valence electrons. The molecule has 3 aliphatic rings. The number of morpholine rings is 1. The number of nitrogens with one attached hydrogen (secondary N) is 1. The molecule has 24 heavy (non-hydrogen) atoms. The van der Waals surface area contributed by atoms with Crippen molar-refractivity contribution >= 4 is 17.8 Å². The van der Waals surface area contributed by atoms with Crippen molar-refractivity contribution in [3.8, 4) is 0 Å². The molecule has 0 aromatic rings. The number of urea groups is 1. The Hall–Kier alpha value is -1.63. The molecule has 3 rings (SSSR count). The monoisotopic (exact) mass is 337 g/mol. The van der Waals surface area contributed by atoms with E-state index < -0.39 is 11.6 Å². The van der Waals surface area contributed by atoms with Crippen LogP contribution in [0.4, 0.5) is 4.79 Å². The quantitative estimate of drug-likeness (QED) is 0.766. The number of imide groups is 1. The summed E-state index contributed by atoms with van der Waals surface area (Å²) in [6.45, 7) is 6.81. The molecule has 0 aromatic heterocycles. The van der Waals surface area contributed by atoms with Gasteiger partial charge in [0, 0.05) is 13.1 Å². The highest BCUT2D eigenvalue weighted by molar-refractivity contribution is 6.09. The van der Waals surface area contributed by atoms with Gasteiger partial charge in [-0.2, -0.15) is 0 Å². The lowest BCUT2D eigenvalue weighted by molar-refractivity contribution is -0.147. The van der Waals surface area contributed by atoms with Crippen molar-refractivity contribution in [1.29, 1.82) is 0 Å². The second-order valence-corrected chi connectivity index (χ2v) is 7.64. The van der Waals surface area contributed by atoms with Gasteiger partial charge in [0.05, 0.1) is 12.2 Å². The first-order chi connectivity index (χ1) is 11.3. The summed E-state index contributed by atoms with van der Waals surface area (Å²) < 4.78 is 5.63. The fourth-order valence-electron chi connectivity index (χ4n) is 4.03. The van der Waals surface area contributed by atoms with Crippen LogP contribution in [0.5, 0.6) is 0 Å². The Morgan fingerprint density at radius 1 is 1.17 bits per heavy atom. The number of amides is 4. The zero-order valence-corrected chi connectivity index (χ0v) is 14.7. The highest BCUT2D eigenvalue weighted by Gasteiger charge is 2.52. The van der Waals surface area contributed by atoms with Crippen molar-refractivity contribution in [2.45, 2.75) is 64.2 Å². The molecule has 1 aliphatic carbocycles. The minimum atomic E-state index is -0.782. The lowest BCUT2D eigenvalue weighted by Gasteiger charge is -2.36. The van der Waals surface area contributed by atoms with Crippen LogP contribution in [0.25, 0.3) is 0 Å². The van der Waals surface area contributed by atoms with Crippen LogP contribution in [0, 0.1) is 5.92 Å². The number of hydrogen-bond donors (Lipinski definition) is 1. The molecule has 4 amide bonds. The number of carbonyl (C=O) groups excluding carboxylic acids is 3. The number of ether oxygens (including phenoxy) is 1. The molecule has 1 saturated carbocycles. The first-order valence-corrected chi connectivity index (χ1v) is 8.88. The highest BCUT2D eigenvalue weighted by Crippen LogP contribution is 2.36. The molecule has 0 unspecified atom stereocenters. The molecule has 7 heteroatoms. The zero-order chi connectivity index (χ0) is 17.5. The minimum absolute atomic E-state index is 0.0352. The SMILES string of the molecule is CC1CCC2(CC1)NC(=O)N(CC(=O)N1C[C@@H](C)O[C@@H](C)C1)C2=O. The van der Waals surface area contributed by atoms with Gasteiger partial charge < -0.3 is 15.0 Å². The molecular weight excluding hydrogens is 310 g/mol. The summed E-state index contributed by atoms with van der Waals surface area (Å²) in [4.78, 5) is 40.4. The van der Waals surface area contributed by atoms with Gasteiger partial charge in [-0.15, -0.1) is 0 Å². The summed E-state index contributed by atoms with van der Waals surface area (Å²) in [7, 11) is 0. The molecule has 2 aliphatic heterocycles. The Kier molecular flexibility index (Phi) is 4.55. The first kappa shape index (κ1) is 17.2. The van der Waals surface area contributed by atoms with E-state index in [0.29, 0.717) is 31.8 Å². The summed E-state index contributed by atoms with van der Waals surface area (Å²) >= 11 is 0. The largest absolute Gasteiger partial charge is 0.372 e. The predicted molar refractivity (Wildman–Crippen MR) is 87.2 cm³/mol. The van der Waals surface area contributed by atoms with Gasteiger partial charge in [0.1, 0.15) is 12.1 Å². The lowest BCUT2D eigenvalue weighted by Crippen LogP contribution is -2.52. The van der Waals surface area contributed by atoms with Crippen LogP contribution >= 0.6 is 0 Å². The molecule has 2 saturated heterocycles. The van der Waals surface area contributed by atoms with E-state index in [0.717, 1.165) is 17.7 Å². The van der Waals surface area contributed by atoms with E-state index in [1.54, 1.807) is 4.90 Å². The molecule has 2 atom stereocenters. The number of rotatable bonds is 2. The van der Waals surface area contributed by atoms with Gasteiger partial charge in [0.2, 0.25) is 5.91 Å². The van der Waals surface area contributed by atoms with Crippen LogP contribution in [0.1, 0.15) is 46.5 Å². The molecule has 0 aromatic carbocycles. The normalized spacial score (nSPS) is 37.0. The molecule has 0 bridgehead atoms. The van der Waals surface area contributed by atoms with Gasteiger partial charge in [-0.1, -0.05) is 6.92 Å². The fraction of sp³-hybridized carbons (Fsp3) is 0.824. The molecular formula is C17H27N3O4. The van der Waals surface area contributed by atoms with E-state index in [4.69, 9.17) is 4.74 Å². The predicted octanol–water partition coefficient (Wildman–Crippen LogP) is 1.12. The van der Waals surface area contributed by atoms with Crippen LogP contribution in [0.15, 0.2) is 0 Å². The van der Waals surface area contributed by atoms with E-state index in [2.05, 4.69) is 12.2 Å². The third kappa shape index (κ3) is 3.14. The van der Waals surface area contributed by atoms with Gasteiger partial charge in [0.15, 0.2) is 0 Å². The maximum atomic E-state index is 12.8. The lowest BCUT2D eigenvalue weighted by atomic mass is 9.77. The van der Waals surface area contributed by atoms with Crippen molar-refractivity contribution in [2.75, 3.05) is 19.6 Å². The van der Waals surface area contributed by atoms with Crippen LogP contribution in [-0.2, 0) is 14.3 Å². The minimum Gasteiger partial charge on any atom is -0.372 e. The van der Waals surface area contributed by atoms with Crippen LogP contribution in [0.2, 0.25) is 0 Å². The second-order valence-electron chi connectivity index (χ2n) is 7.64. The number of hydrogen-bond acceptors (Lipinski definition) is 4. The summed E-state index contributed by atoms with van der Waals surface area (Å²) in [6, 6.07) is -0.433. The Balaban J connectivity index is 1.65. The smallest absolute Gasteiger partial charge is 0.325 e. The van der Waals surface area contributed by atoms with E-state index in [1.807, 2.05) is 13.8 Å². The topological polar surface area (TPSA) is 79.0 Å². The Bertz CT molecular complexity index is 532. The maximum absolute atomic E-state index is 12.8. The molecule has 7 nitrogen and oxygen atoms in total. The summed E-state index contributed by atoms with van der Waals surface area (Å²) in [5.74, 6) is 0.149. The standard InChI is InChI=1S/C17H27N3O4/c1-11-4-6-17(7-5-11)15(22)20(16(23)18-17)10-14(21)19-8-12(2)24-13(3)9-19/h11-13H,4-10H2,1-3H3,(H,18,23)/t11?,12-,13+,17?. The van der Waals surface area contributed by atoms with Crippen LogP contribution < -0.4 is 5.32 Å². The molecule has 1 N–H and O–H groups in total. The molecule has 2 heterocycles. The molecule has 1 spiro atoms. The average molecular weight is 337 g/mol. The van der Waals surface area contributed by atoms with Crippen LogP contribution in [0.3, 0.4) is 0 Å². The van der Waals surface area contributed by atoms with Crippen molar-refractivity contribution < 1.29 is 19.1 Å². The number of carbonyl (C=O) groups is 3. The third-order valence-corrected chi connectivity index (χ3v) is 5.44. The van der Waals surface area contributed by atoms with E-state index in [-0.39, 0.29) is 30.6 Å². The van der Waals surface area contributed by atoms with E-state index in [9.17, 15) is 14.4 Å². The highest BCUT2D eigenvalue weighted by atomic mass is 16.5. The van der Waals surface area contributed by atoms with Crippen LogP contribution in [-0.4, -0.2) is 65.0 Å². The van der Waals surface area contributed by atoms with Crippen molar-refractivity contribution in [2.24, 2.45) is 5.92 Å². The van der Waals surface area contributed by atoms with Gasteiger partial charge in [-0.25, -0.2) is 4.79 Å². The van der Waals surface area contributed by atoms with Gasteiger partial charge in [0.25, 0.3) is 5.91 Å². The summed E-state index contributed by atoms with van der Waals surface area (Å²) in [6.07, 6.45) is 3.10.